The first kappa shape index (κ1) is 15.3. The largest absolute Gasteiger partial charge is 0.488 e. The van der Waals surface area contributed by atoms with Crippen LogP contribution in [0.1, 0.15) is 18.1 Å². The molecule has 21 heavy (non-hydrogen) atoms. The van der Waals surface area contributed by atoms with Crippen molar-refractivity contribution in [3.05, 3.63) is 64.2 Å². The highest BCUT2D eigenvalue weighted by Gasteiger charge is 2.11. The highest BCUT2D eigenvalue weighted by Crippen LogP contribution is 2.25. The van der Waals surface area contributed by atoms with E-state index in [2.05, 4.69) is 5.16 Å². The molecule has 6 heteroatoms. The summed E-state index contributed by atoms with van der Waals surface area (Å²) in [5.74, 6) is -0.707. The molecule has 0 bridgehead atoms. The zero-order valence-electron chi connectivity index (χ0n) is 11.1. The Bertz CT molecular complexity index is 689. The van der Waals surface area contributed by atoms with E-state index >= 15 is 0 Å². The lowest BCUT2D eigenvalue weighted by Crippen LogP contribution is -2.04. The number of ether oxygens (including phenoxy) is 1. The summed E-state index contributed by atoms with van der Waals surface area (Å²) in [6.45, 7) is 1.52. The SMILES string of the molecule is C/C(=N/O)c1cc(F)ccc1OCc1cccc(F)c1Cl. The molecule has 0 radical (unpaired) electrons. The summed E-state index contributed by atoms with van der Waals surface area (Å²) in [6.07, 6.45) is 0. The third kappa shape index (κ3) is 3.49. The lowest BCUT2D eigenvalue weighted by atomic mass is 10.1. The van der Waals surface area contributed by atoms with E-state index in [-0.39, 0.29) is 17.3 Å². The van der Waals surface area contributed by atoms with Crippen LogP contribution in [0.5, 0.6) is 5.75 Å². The zero-order chi connectivity index (χ0) is 15.4. The summed E-state index contributed by atoms with van der Waals surface area (Å²) in [5.41, 5.74) is 0.977. The number of oxime groups is 1. The van der Waals surface area contributed by atoms with Crippen LogP contribution in [0, 0.1) is 11.6 Å². The number of nitrogens with zero attached hydrogens (tertiary/aromatic N) is 1. The fourth-order valence-electron chi connectivity index (χ4n) is 1.78. The Balaban J connectivity index is 2.26. The molecule has 0 aromatic heterocycles. The second-order valence-corrected chi connectivity index (χ2v) is 4.71. The summed E-state index contributed by atoms with van der Waals surface area (Å²) < 4.78 is 32.1. The molecule has 0 atom stereocenters. The third-order valence-corrected chi connectivity index (χ3v) is 3.32. The first-order valence-corrected chi connectivity index (χ1v) is 6.45. The number of hydrogen-bond acceptors (Lipinski definition) is 3. The van der Waals surface area contributed by atoms with Crippen molar-refractivity contribution in [3.63, 3.8) is 0 Å². The van der Waals surface area contributed by atoms with Gasteiger partial charge in [0.15, 0.2) is 0 Å². The maximum atomic E-state index is 13.3. The van der Waals surface area contributed by atoms with Crippen molar-refractivity contribution in [3.8, 4) is 5.75 Å². The van der Waals surface area contributed by atoms with E-state index in [1.54, 1.807) is 6.07 Å². The topological polar surface area (TPSA) is 41.8 Å². The summed E-state index contributed by atoms with van der Waals surface area (Å²) in [7, 11) is 0. The summed E-state index contributed by atoms with van der Waals surface area (Å²) in [4.78, 5) is 0. The normalized spacial score (nSPS) is 11.5. The standard InChI is InChI=1S/C15H12ClF2NO2/c1-9(19-20)12-7-11(17)5-6-14(12)21-8-10-3-2-4-13(18)15(10)16/h2-7,20H,8H2,1H3/b19-9-. The molecule has 0 saturated heterocycles. The number of rotatable bonds is 4. The second kappa shape index (κ2) is 6.54. The molecule has 2 rings (SSSR count). The smallest absolute Gasteiger partial charge is 0.142 e. The van der Waals surface area contributed by atoms with Crippen molar-refractivity contribution >= 4 is 17.3 Å². The Morgan fingerprint density at radius 3 is 2.76 bits per heavy atom. The summed E-state index contributed by atoms with van der Waals surface area (Å²) >= 11 is 5.84. The van der Waals surface area contributed by atoms with Gasteiger partial charge in [-0.2, -0.15) is 0 Å². The molecule has 0 aliphatic carbocycles. The number of hydrogen-bond donors (Lipinski definition) is 1. The molecule has 0 fully saturated rings. The molecule has 0 spiro atoms. The molecule has 0 aliphatic rings. The maximum absolute atomic E-state index is 13.3. The molecule has 0 unspecified atom stereocenters. The fourth-order valence-corrected chi connectivity index (χ4v) is 1.96. The van der Waals surface area contributed by atoms with Gasteiger partial charge in [-0.1, -0.05) is 28.9 Å². The predicted molar refractivity (Wildman–Crippen MR) is 76.1 cm³/mol. The molecule has 2 aromatic carbocycles. The Hall–Kier alpha value is -2.14. The van der Waals surface area contributed by atoms with Crippen molar-refractivity contribution < 1.29 is 18.7 Å². The van der Waals surface area contributed by atoms with Crippen molar-refractivity contribution in [2.45, 2.75) is 13.5 Å². The molecule has 3 nitrogen and oxygen atoms in total. The van der Waals surface area contributed by atoms with Gasteiger partial charge in [-0.15, -0.1) is 0 Å². The Morgan fingerprint density at radius 2 is 2.05 bits per heavy atom. The van der Waals surface area contributed by atoms with E-state index in [0.29, 0.717) is 16.9 Å². The van der Waals surface area contributed by atoms with E-state index in [1.807, 2.05) is 0 Å². The maximum Gasteiger partial charge on any atom is 0.142 e. The van der Waals surface area contributed by atoms with Crippen molar-refractivity contribution in [2.75, 3.05) is 0 Å². The lowest BCUT2D eigenvalue weighted by molar-refractivity contribution is 0.302. The molecule has 0 heterocycles. The molecule has 0 saturated carbocycles. The van der Waals surface area contributed by atoms with Crippen LogP contribution < -0.4 is 4.74 Å². The van der Waals surface area contributed by atoms with Crippen molar-refractivity contribution in [1.82, 2.24) is 0 Å². The van der Waals surface area contributed by atoms with E-state index in [1.165, 1.54) is 37.3 Å². The van der Waals surface area contributed by atoms with Gasteiger partial charge in [0.2, 0.25) is 0 Å². The van der Waals surface area contributed by atoms with Crippen LogP contribution >= 0.6 is 11.6 Å². The molecule has 0 aliphatic heterocycles. The second-order valence-electron chi connectivity index (χ2n) is 4.33. The van der Waals surface area contributed by atoms with Gasteiger partial charge in [0.1, 0.15) is 24.0 Å². The van der Waals surface area contributed by atoms with Gasteiger partial charge in [-0.3, -0.25) is 0 Å². The van der Waals surface area contributed by atoms with Crippen LogP contribution in [0.3, 0.4) is 0 Å². The van der Waals surface area contributed by atoms with Gasteiger partial charge in [0.25, 0.3) is 0 Å². The van der Waals surface area contributed by atoms with Crippen LogP contribution in [0.25, 0.3) is 0 Å². The van der Waals surface area contributed by atoms with Gasteiger partial charge in [-0.25, -0.2) is 8.78 Å². The minimum absolute atomic E-state index is 0.00787. The van der Waals surface area contributed by atoms with Crippen LogP contribution in [0.2, 0.25) is 5.02 Å². The average molecular weight is 312 g/mol. The molecular weight excluding hydrogens is 300 g/mol. The predicted octanol–water partition coefficient (Wildman–Crippen LogP) is 4.40. The average Bonchev–Trinajstić information content (AvgIpc) is 2.49. The van der Waals surface area contributed by atoms with E-state index < -0.39 is 11.6 Å². The highest BCUT2D eigenvalue weighted by molar-refractivity contribution is 6.31. The Labute approximate surface area is 125 Å². The molecule has 110 valence electrons. The van der Waals surface area contributed by atoms with Gasteiger partial charge in [0.05, 0.1) is 10.7 Å². The minimum atomic E-state index is -0.537. The zero-order valence-corrected chi connectivity index (χ0v) is 11.9. The first-order chi connectivity index (χ1) is 10.0. The van der Waals surface area contributed by atoms with Crippen molar-refractivity contribution in [2.24, 2.45) is 5.16 Å². The van der Waals surface area contributed by atoms with Crippen LogP contribution in [-0.4, -0.2) is 10.9 Å². The summed E-state index contributed by atoms with van der Waals surface area (Å²) in [5, 5.41) is 11.8. The Morgan fingerprint density at radius 1 is 1.29 bits per heavy atom. The number of halogens is 3. The molecule has 1 N–H and O–H groups in total. The minimum Gasteiger partial charge on any atom is -0.488 e. The van der Waals surface area contributed by atoms with E-state index in [4.69, 9.17) is 21.5 Å². The monoisotopic (exact) mass is 311 g/mol. The molecule has 0 amide bonds. The van der Waals surface area contributed by atoms with Gasteiger partial charge >= 0.3 is 0 Å². The lowest BCUT2D eigenvalue weighted by Gasteiger charge is -2.12. The molecular formula is C15H12ClF2NO2. The Kier molecular flexibility index (Phi) is 4.75. The number of benzene rings is 2. The first-order valence-electron chi connectivity index (χ1n) is 6.07. The third-order valence-electron chi connectivity index (χ3n) is 2.90. The van der Waals surface area contributed by atoms with Crippen molar-refractivity contribution in [1.29, 1.82) is 0 Å². The van der Waals surface area contributed by atoms with Gasteiger partial charge in [-0.05, 0) is 31.2 Å². The highest BCUT2D eigenvalue weighted by atomic mass is 35.5. The summed E-state index contributed by atoms with van der Waals surface area (Å²) in [6, 6.07) is 8.21. The van der Waals surface area contributed by atoms with Crippen LogP contribution in [0.4, 0.5) is 8.78 Å². The van der Waals surface area contributed by atoms with E-state index in [0.717, 1.165) is 0 Å². The molecule has 2 aromatic rings. The quantitative estimate of drug-likeness (QED) is 0.517. The van der Waals surface area contributed by atoms with E-state index in [9.17, 15) is 8.78 Å². The van der Waals surface area contributed by atoms with Gasteiger partial charge in [0, 0.05) is 11.1 Å². The van der Waals surface area contributed by atoms with Crippen LogP contribution in [-0.2, 0) is 6.61 Å². The van der Waals surface area contributed by atoms with Gasteiger partial charge < -0.3 is 9.94 Å². The fraction of sp³-hybridized carbons (Fsp3) is 0.133. The van der Waals surface area contributed by atoms with Crippen LogP contribution in [0.15, 0.2) is 41.6 Å².